The van der Waals surface area contributed by atoms with Crippen LogP contribution in [0.5, 0.6) is 0 Å². The van der Waals surface area contributed by atoms with E-state index < -0.39 is 12.1 Å². The summed E-state index contributed by atoms with van der Waals surface area (Å²) in [5.41, 5.74) is 2.62. The fraction of sp³-hybridized carbons (Fsp3) is 0.310. The van der Waals surface area contributed by atoms with Gasteiger partial charge < -0.3 is 19.2 Å². The van der Waals surface area contributed by atoms with E-state index in [0.717, 1.165) is 0 Å². The van der Waals surface area contributed by atoms with Gasteiger partial charge in [-0.1, -0.05) is 23.2 Å². The van der Waals surface area contributed by atoms with Crippen LogP contribution >= 0.6 is 23.2 Å². The summed E-state index contributed by atoms with van der Waals surface area (Å²) >= 11 is 12.8. The third-order valence-electron chi connectivity index (χ3n) is 7.12. The van der Waals surface area contributed by atoms with E-state index in [-0.39, 0.29) is 23.9 Å². The number of nitrogens with one attached hydrogen (secondary N) is 2. The monoisotopic (exact) mass is 666 g/mol. The molecule has 1 aliphatic heterocycles. The number of carbonyl (C=O) groups is 1. The van der Waals surface area contributed by atoms with Crippen molar-refractivity contribution in [3.8, 4) is 28.2 Å². The first-order chi connectivity index (χ1) is 22.4. The number of ether oxygens (including phenoxy) is 3. The number of aryl methyl sites for hydroxylation is 1. The van der Waals surface area contributed by atoms with Gasteiger partial charge in [0.25, 0.3) is 5.56 Å². The van der Waals surface area contributed by atoms with Gasteiger partial charge in [0.05, 0.1) is 42.9 Å². The summed E-state index contributed by atoms with van der Waals surface area (Å²) in [5, 5.41) is 14.6. The Bertz CT molecular complexity index is 1880. The van der Waals surface area contributed by atoms with Gasteiger partial charge in [0.2, 0.25) is 0 Å². The second-order valence-corrected chi connectivity index (χ2v) is 10.8. The van der Waals surface area contributed by atoms with E-state index in [1.165, 1.54) is 17.1 Å². The van der Waals surface area contributed by atoms with E-state index in [9.17, 15) is 9.59 Å². The molecule has 5 aromatic rings. The predicted octanol–water partition coefficient (Wildman–Crippen LogP) is 4.12. The fourth-order valence-electron chi connectivity index (χ4n) is 5.06. The third-order valence-corrected chi connectivity index (χ3v) is 7.63. The highest BCUT2D eigenvalue weighted by molar-refractivity contribution is 6.32. The van der Waals surface area contributed by atoms with Crippen molar-refractivity contribution < 1.29 is 19.0 Å². The van der Waals surface area contributed by atoms with Gasteiger partial charge in [-0.15, -0.1) is 5.10 Å². The fourth-order valence-corrected chi connectivity index (χ4v) is 5.48. The Labute approximate surface area is 271 Å². The molecule has 4 aromatic heterocycles. The molecule has 46 heavy (non-hydrogen) atoms. The van der Waals surface area contributed by atoms with E-state index in [1.54, 1.807) is 41.1 Å². The first-order valence-electron chi connectivity index (χ1n) is 14.4. The average molecular weight is 668 g/mol. The van der Waals surface area contributed by atoms with Crippen molar-refractivity contribution in [3.63, 3.8) is 0 Å². The normalized spacial score (nSPS) is 13.9. The molecule has 0 bridgehead atoms. The van der Waals surface area contributed by atoms with Crippen LogP contribution in [0.4, 0.5) is 10.6 Å². The molecule has 1 amide bonds. The number of imidazole rings is 1. The van der Waals surface area contributed by atoms with Crippen LogP contribution in [0.2, 0.25) is 10.2 Å². The molecular formula is C29H28Cl2N10O5. The summed E-state index contributed by atoms with van der Waals surface area (Å²) in [7, 11) is 0. The molecule has 238 valence electrons. The summed E-state index contributed by atoms with van der Waals surface area (Å²) in [6.45, 7) is 3.79. The van der Waals surface area contributed by atoms with E-state index in [4.69, 9.17) is 42.4 Å². The lowest BCUT2D eigenvalue weighted by molar-refractivity contribution is 0.0333. The number of nitrogens with zero attached hydrogens (tertiary/aromatic N) is 8. The number of hydrogen-bond acceptors (Lipinski definition) is 11. The second kappa shape index (κ2) is 14.2. The van der Waals surface area contributed by atoms with Crippen molar-refractivity contribution in [3.05, 3.63) is 81.1 Å². The highest BCUT2D eigenvalue weighted by atomic mass is 35.5. The number of hydrogen-bond donors (Lipinski definition) is 2. The quantitative estimate of drug-likeness (QED) is 0.183. The van der Waals surface area contributed by atoms with E-state index >= 15 is 0 Å². The van der Waals surface area contributed by atoms with Crippen molar-refractivity contribution in [1.82, 2.24) is 44.7 Å². The Hall–Kier alpha value is -4.70. The van der Waals surface area contributed by atoms with Crippen LogP contribution in [-0.2, 0) is 20.6 Å². The Morgan fingerprint density at radius 1 is 1.09 bits per heavy atom. The molecule has 17 heteroatoms. The molecule has 0 spiro atoms. The summed E-state index contributed by atoms with van der Waals surface area (Å²) in [4.78, 5) is 42.5. The summed E-state index contributed by atoms with van der Waals surface area (Å²) < 4.78 is 18.7. The molecule has 5 heterocycles. The minimum absolute atomic E-state index is 0.0924. The number of aromatic nitrogens is 9. The SMILES string of the molecule is CCOCCOCCOC(=O)Nc1ccc(-c2[nH]c([C@@H]3CCc4nc(-c5cc(Cl)ccc5-n5cnnn5)cc(=O)n43)nc2Cl)cn1. The predicted molar refractivity (Wildman–Crippen MR) is 167 cm³/mol. The number of carbonyl (C=O) groups excluding carboxylic acids is 1. The van der Waals surface area contributed by atoms with Gasteiger partial charge in [0.15, 0.2) is 5.15 Å². The van der Waals surface area contributed by atoms with Gasteiger partial charge in [0.1, 0.15) is 30.4 Å². The molecule has 6 rings (SSSR count). The van der Waals surface area contributed by atoms with Gasteiger partial charge in [-0.2, -0.15) is 4.68 Å². The molecule has 1 atom stereocenters. The van der Waals surface area contributed by atoms with Crippen molar-refractivity contribution in [2.24, 2.45) is 0 Å². The van der Waals surface area contributed by atoms with Gasteiger partial charge in [-0.05, 0) is 54.1 Å². The third kappa shape index (κ3) is 6.92. The lowest BCUT2D eigenvalue weighted by atomic mass is 10.1. The largest absolute Gasteiger partial charge is 0.447 e. The zero-order chi connectivity index (χ0) is 32.0. The molecular weight excluding hydrogens is 639 g/mol. The first-order valence-corrected chi connectivity index (χ1v) is 15.1. The lowest BCUT2D eigenvalue weighted by Gasteiger charge is -2.14. The Kier molecular flexibility index (Phi) is 9.63. The molecule has 0 radical (unpaired) electrons. The smallest absolute Gasteiger partial charge is 0.412 e. The number of anilines is 1. The van der Waals surface area contributed by atoms with Crippen LogP contribution in [0.15, 0.2) is 53.7 Å². The Morgan fingerprint density at radius 2 is 1.93 bits per heavy atom. The highest BCUT2D eigenvalue weighted by Crippen LogP contribution is 2.34. The number of tetrazole rings is 1. The zero-order valence-corrected chi connectivity index (χ0v) is 26.0. The Balaban J connectivity index is 1.14. The first kappa shape index (κ1) is 31.3. The van der Waals surface area contributed by atoms with Crippen molar-refractivity contribution in [1.29, 1.82) is 0 Å². The van der Waals surface area contributed by atoms with E-state index in [2.05, 4.69) is 35.8 Å². The molecule has 1 aliphatic rings. The molecule has 0 fully saturated rings. The second-order valence-electron chi connectivity index (χ2n) is 10.0. The minimum Gasteiger partial charge on any atom is -0.447 e. The number of pyridine rings is 1. The molecule has 0 unspecified atom stereocenters. The molecule has 2 N–H and O–H groups in total. The van der Waals surface area contributed by atoms with Crippen LogP contribution in [0, 0.1) is 0 Å². The van der Waals surface area contributed by atoms with Crippen LogP contribution in [-0.4, -0.2) is 83.8 Å². The van der Waals surface area contributed by atoms with Crippen LogP contribution in [0.1, 0.15) is 31.0 Å². The molecule has 15 nitrogen and oxygen atoms in total. The number of H-pyrrole nitrogens is 1. The highest BCUT2D eigenvalue weighted by Gasteiger charge is 2.30. The van der Waals surface area contributed by atoms with Gasteiger partial charge >= 0.3 is 6.09 Å². The maximum atomic E-state index is 13.5. The summed E-state index contributed by atoms with van der Waals surface area (Å²) in [6.07, 6.45) is 3.48. The molecule has 0 saturated heterocycles. The molecule has 0 saturated carbocycles. The van der Waals surface area contributed by atoms with Crippen molar-refractivity contribution in [2.45, 2.75) is 25.8 Å². The number of fused-ring (bicyclic) bond motifs is 1. The maximum Gasteiger partial charge on any atom is 0.412 e. The molecule has 0 aliphatic carbocycles. The van der Waals surface area contributed by atoms with Gasteiger partial charge in [-0.3, -0.25) is 14.7 Å². The van der Waals surface area contributed by atoms with Crippen molar-refractivity contribution in [2.75, 3.05) is 38.4 Å². The van der Waals surface area contributed by atoms with Gasteiger partial charge in [-0.25, -0.2) is 19.7 Å². The average Bonchev–Trinajstić information content (AvgIpc) is 3.82. The van der Waals surface area contributed by atoms with Gasteiger partial charge in [0, 0.05) is 41.4 Å². The maximum absolute atomic E-state index is 13.5. The van der Waals surface area contributed by atoms with E-state index in [1.807, 2.05) is 6.92 Å². The summed E-state index contributed by atoms with van der Waals surface area (Å²) in [6, 6.07) is 9.62. The number of benzene rings is 1. The number of amides is 1. The topological polar surface area (TPSA) is 177 Å². The number of halogens is 2. The number of aromatic amines is 1. The molecule has 1 aromatic carbocycles. The van der Waals surface area contributed by atoms with Crippen LogP contribution in [0.3, 0.4) is 0 Å². The number of rotatable bonds is 12. The standard InChI is InChI=1S/C29H28Cl2N10O5/c1-2-44-9-10-45-11-12-46-29(43)35-23-7-3-17(15-32-23)26-27(31)37-28(36-26)22-6-8-24-34-20(14-25(42)41(22)24)19-13-18(30)4-5-21(19)40-16-33-38-39-40/h3-5,7,13-16,22H,2,6,8-12H2,1H3,(H,36,37)(H,32,35,43)/t22-/m0/s1. The van der Waals surface area contributed by atoms with E-state index in [0.29, 0.717) is 83.4 Å². The zero-order valence-electron chi connectivity index (χ0n) is 24.5. The van der Waals surface area contributed by atoms with Crippen LogP contribution < -0.4 is 10.9 Å². The van der Waals surface area contributed by atoms with Crippen molar-refractivity contribution >= 4 is 35.1 Å². The lowest BCUT2D eigenvalue weighted by Crippen LogP contribution is -2.25. The Morgan fingerprint density at radius 3 is 2.72 bits per heavy atom. The summed E-state index contributed by atoms with van der Waals surface area (Å²) in [5.74, 6) is 1.41. The minimum atomic E-state index is -0.653. The van der Waals surface area contributed by atoms with Crippen LogP contribution in [0.25, 0.3) is 28.2 Å².